The first-order chi connectivity index (χ1) is 13.7. The molecule has 1 saturated heterocycles. The number of nitrogens with one attached hydrogen (secondary N) is 1. The third-order valence-electron chi connectivity index (χ3n) is 4.63. The van der Waals surface area contributed by atoms with E-state index in [-0.39, 0.29) is 17.1 Å². The summed E-state index contributed by atoms with van der Waals surface area (Å²) < 4.78 is 39.9. The Hall–Kier alpha value is -2.88. The van der Waals surface area contributed by atoms with E-state index in [0.717, 1.165) is 6.07 Å². The van der Waals surface area contributed by atoms with E-state index >= 15 is 0 Å². The molecule has 1 fully saturated rings. The Morgan fingerprint density at radius 3 is 2.72 bits per heavy atom. The molecule has 154 valence electrons. The Bertz CT molecular complexity index is 1020. The zero-order chi connectivity index (χ0) is 21.2. The van der Waals surface area contributed by atoms with Gasteiger partial charge in [0.25, 0.3) is 5.56 Å². The van der Waals surface area contributed by atoms with Crippen LogP contribution in [0.2, 0.25) is 5.02 Å². The SMILES string of the molecule is C[C@H](N=C1CCN(c2cn[nH]c(=O)c2Cl)C/C1=N/N)c1ccccc1C(F)(F)F. The van der Waals surface area contributed by atoms with Crippen molar-refractivity contribution < 1.29 is 13.2 Å². The van der Waals surface area contributed by atoms with E-state index in [9.17, 15) is 18.0 Å². The summed E-state index contributed by atoms with van der Waals surface area (Å²) in [5.41, 5.74) is 0.180. The highest BCUT2D eigenvalue weighted by Gasteiger charge is 2.34. The van der Waals surface area contributed by atoms with Gasteiger partial charge in [-0.15, -0.1) is 0 Å². The summed E-state index contributed by atoms with van der Waals surface area (Å²) >= 11 is 6.05. The maximum Gasteiger partial charge on any atom is 0.416 e. The van der Waals surface area contributed by atoms with Crippen LogP contribution in [0.1, 0.15) is 30.5 Å². The van der Waals surface area contributed by atoms with Crippen molar-refractivity contribution in [2.45, 2.75) is 25.6 Å². The third kappa shape index (κ3) is 4.42. The lowest BCUT2D eigenvalue weighted by atomic mass is 10.00. The van der Waals surface area contributed by atoms with Gasteiger partial charge in [0, 0.05) is 13.0 Å². The zero-order valence-electron chi connectivity index (χ0n) is 15.4. The average molecular weight is 427 g/mol. The van der Waals surface area contributed by atoms with Gasteiger partial charge in [0.15, 0.2) is 0 Å². The fraction of sp³-hybridized carbons (Fsp3) is 0.333. The van der Waals surface area contributed by atoms with Crippen LogP contribution in [0, 0.1) is 0 Å². The lowest BCUT2D eigenvalue weighted by molar-refractivity contribution is -0.138. The highest BCUT2D eigenvalue weighted by Crippen LogP contribution is 2.35. The molecule has 2 aromatic rings. The van der Waals surface area contributed by atoms with Crippen LogP contribution in [0.25, 0.3) is 0 Å². The molecule has 3 rings (SSSR count). The van der Waals surface area contributed by atoms with E-state index in [4.69, 9.17) is 17.4 Å². The number of rotatable bonds is 3. The number of nitrogens with zero attached hydrogens (tertiary/aromatic N) is 4. The number of aliphatic imine (C=N–C) groups is 1. The maximum atomic E-state index is 13.3. The predicted octanol–water partition coefficient (Wildman–Crippen LogP) is 3.17. The average Bonchev–Trinajstić information content (AvgIpc) is 2.69. The van der Waals surface area contributed by atoms with Crippen molar-refractivity contribution in [1.29, 1.82) is 0 Å². The molecule has 0 radical (unpaired) electrons. The number of anilines is 1. The van der Waals surface area contributed by atoms with Gasteiger partial charge in [-0.25, -0.2) is 5.10 Å². The minimum Gasteiger partial charge on any atom is -0.362 e. The van der Waals surface area contributed by atoms with Crippen LogP contribution in [-0.4, -0.2) is 34.7 Å². The van der Waals surface area contributed by atoms with Gasteiger partial charge in [-0.1, -0.05) is 29.8 Å². The molecular formula is C18H18ClF3N6O. The minimum atomic E-state index is -4.47. The van der Waals surface area contributed by atoms with E-state index in [1.165, 1.54) is 18.3 Å². The first-order valence-corrected chi connectivity index (χ1v) is 9.08. The van der Waals surface area contributed by atoms with Crippen LogP contribution in [-0.2, 0) is 6.18 Å². The smallest absolute Gasteiger partial charge is 0.362 e. The number of hydrogen-bond acceptors (Lipinski definition) is 6. The van der Waals surface area contributed by atoms with Crippen molar-refractivity contribution in [3.05, 3.63) is 57.0 Å². The monoisotopic (exact) mass is 426 g/mol. The molecule has 0 amide bonds. The van der Waals surface area contributed by atoms with Gasteiger partial charge in [-0.2, -0.15) is 23.4 Å². The van der Waals surface area contributed by atoms with Gasteiger partial charge < -0.3 is 10.7 Å². The first-order valence-electron chi connectivity index (χ1n) is 8.70. The normalized spacial score (nSPS) is 19.0. The van der Waals surface area contributed by atoms with Crippen LogP contribution < -0.4 is 16.3 Å². The summed E-state index contributed by atoms with van der Waals surface area (Å²) in [7, 11) is 0. The van der Waals surface area contributed by atoms with Crippen molar-refractivity contribution in [2.75, 3.05) is 18.0 Å². The molecule has 3 N–H and O–H groups in total. The molecule has 11 heteroatoms. The molecule has 0 saturated carbocycles. The number of halogens is 4. The van der Waals surface area contributed by atoms with Gasteiger partial charge in [0.05, 0.1) is 35.7 Å². The largest absolute Gasteiger partial charge is 0.416 e. The highest BCUT2D eigenvalue weighted by molar-refractivity contribution is 6.44. The molecule has 1 atom stereocenters. The number of piperidine rings is 1. The molecule has 1 aromatic carbocycles. The number of nitrogens with two attached hydrogens (primary N) is 1. The second-order valence-corrected chi connectivity index (χ2v) is 6.86. The summed E-state index contributed by atoms with van der Waals surface area (Å²) in [6, 6.07) is 4.60. The molecule has 0 unspecified atom stereocenters. The highest BCUT2D eigenvalue weighted by atomic mass is 35.5. The molecule has 1 aliphatic rings. The van der Waals surface area contributed by atoms with Gasteiger partial charge in [0.1, 0.15) is 10.7 Å². The topological polar surface area (TPSA) is 99.7 Å². The molecule has 0 aliphatic carbocycles. The van der Waals surface area contributed by atoms with Crippen LogP contribution in [0.3, 0.4) is 0 Å². The lowest BCUT2D eigenvalue weighted by Crippen LogP contribution is -2.43. The molecule has 2 heterocycles. The number of hydrazone groups is 1. The standard InChI is InChI=1S/C18H18ClF3N6O/c1-10(11-4-2-3-5-12(11)18(20,21)22)25-13-6-7-28(9-14(13)26-23)15-8-24-27-17(29)16(15)19/h2-5,8,10H,6-7,9,23H2,1H3,(H,27,29)/b25-13?,26-14-/t10-/m0/s1. The van der Waals surface area contributed by atoms with E-state index in [0.29, 0.717) is 30.1 Å². The van der Waals surface area contributed by atoms with Crippen LogP contribution >= 0.6 is 11.6 Å². The van der Waals surface area contributed by atoms with Crippen LogP contribution in [0.15, 0.2) is 45.4 Å². The van der Waals surface area contributed by atoms with Crippen molar-refractivity contribution in [3.63, 3.8) is 0 Å². The second kappa shape index (κ2) is 8.24. The molecule has 1 aromatic heterocycles. The summed E-state index contributed by atoms with van der Waals surface area (Å²) in [6.45, 7) is 2.22. The van der Waals surface area contributed by atoms with Crippen LogP contribution in [0.5, 0.6) is 0 Å². The Kier molecular flexibility index (Phi) is 5.92. The van der Waals surface area contributed by atoms with Gasteiger partial charge in [0.2, 0.25) is 0 Å². The Morgan fingerprint density at radius 2 is 2.03 bits per heavy atom. The quantitative estimate of drug-likeness (QED) is 0.581. The van der Waals surface area contributed by atoms with Gasteiger partial charge >= 0.3 is 6.18 Å². The van der Waals surface area contributed by atoms with Gasteiger partial charge in [-0.05, 0) is 18.6 Å². The van der Waals surface area contributed by atoms with E-state index < -0.39 is 23.3 Å². The Labute approximate surface area is 169 Å². The number of hydrogen-bond donors (Lipinski definition) is 2. The number of alkyl halides is 3. The van der Waals surface area contributed by atoms with Crippen LogP contribution in [0.4, 0.5) is 18.9 Å². The number of aromatic nitrogens is 2. The fourth-order valence-electron chi connectivity index (χ4n) is 3.21. The number of aromatic amines is 1. The predicted molar refractivity (Wildman–Crippen MR) is 106 cm³/mol. The van der Waals surface area contributed by atoms with Crippen molar-refractivity contribution in [3.8, 4) is 0 Å². The van der Waals surface area contributed by atoms with E-state index in [2.05, 4.69) is 20.3 Å². The summed E-state index contributed by atoms with van der Waals surface area (Å²) in [5.74, 6) is 5.50. The summed E-state index contributed by atoms with van der Waals surface area (Å²) in [5, 5.41) is 9.72. The van der Waals surface area contributed by atoms with Gasteiger partial charge in [-0.3, -0.25) is 9.79 Å². The molecule has 1 aliphatic heterocycles. The first kappa shape index (κ1) is 20.8. The van der Waals surface area contributed by atoms with E-state index in [1.807, 2.05) is 0 Å². The third-order valence-corrected chi connectivity index (χ3v) is 5.00. The lowest BCUT2D eigenvalue weighted by Gasteiger charge is -2.31. The molecule has 7 nitrogen and oxygen atoms in total. The summed E-state index contributed by atoms with van der Waals surface area (Å²) in [6.07, 6.45) is -2.68. The van der Waals surface area contributed by atoms with Crippen molar-refractivity contribution in [1.82, 2.24) is 10.2 Å². The Morgan fingerprint density at radius 1 is 1.31 bits per heavy atom. The van der Waals surface area contributed by atoms with Crippen molar-refractivity contribution in [2.24, 2.45) is 15.9 Å². The molecule has 0 spiro atoms. The van der Waals surface area contributed by atoms with Crippen molar-refractivity contribution >= 4 is 28.7 Å². The maximum absolute atomic E-state index is 13.3. The number of benzene rings is 1. The molecule has 0 bridgehead atoms. The number of H-pyrrole nitrogens is 1. The second-order valence-electron chi connectivity index (χ2n) is 6.48. The molecular weight excluding hydrogens is 409 g/mol. The summed E-state index contributed by atoms with van der Waals surface area (Å²) in [4.78, 5) is 17.9. The Balaban J connectivity index is 1.87. The fourth-order valence-corrected chi connectivity index (χ4v) is 3.42. The minimum absolute atomic E-state index is 0.00997. The zero-order valence-corrected chi connectivity index (χ0v) is 16.1. The molecule has 29 heavy (non-hydrogen) atoms. The van der Waals surface area contributed by atoms with E-state index in [1.54, 1.807) is 17.9 Å².